The first kappa shape index (κ1) is 15.2. The number of aliphatic hydroxyl groups is 1. The van der Waals surface area contributed by atoms with Crippen molar-refractivity contribution in [2.45, 2.75) is 31.2 Å². The van der Waals surface area contributed by atoms with E-state index < -0.39 is 11.6 Å². The van der Waals surface area contributed by atoms with Gasteiger partial charge in [-0.3, -0.25) is 0 Å². The fraction of sp³-hybridized carbons (Fsp3) is 0.562. The number of hydrogen-bond donors (Lipinski definition) is 2. The maximum absolute atomic E-state index is 13.7. The van der Waals surface area contributed by atoms with Crippen LogP contribution in [0.25, 0.3) is 0 Å². The summed E-state index contributed by atoms with van der Waals surface area (Å²) in [7, 11) is 0. The Morgan fingerprint density at radius 2 is 1.91 bits per heavy atom. The summed E-state index contributed by atoms with van der Waals surface area (Å²) in [5, 5.41) is 11.9. The third-order valence-corrected chi connectivity index (χ3v) is 4.63. The maximum Gasteiger partial charge on any atom is 0.317 e. The molecule has 0 bridgehead atoms. The molecule has 0 radical (unpaired) electrons. The smallest absolute Gasteiger partial charge is 0.317 e. The number of rotatable bonds is 3. The highest BCUT2D eigenvalue weighted by atomic mass is 19.1. The Labute approximate surface area is 128 Å². The van der Waals surface area contributed by atoms with Crippen molar-refractivity contribution < 1.29 is 18.7 Å². The summed E-state index contributed by atoms with van der Waals surface area (Å²) in [6, 6.07) is 3.45. The van der Waals surface area contributed by atoms with Crippen LogP contribution in [-0.2, 0) is 0 Å². The van der Waals surface area contributed by atoms with E-state index in [1.54, 1.807) is 4.90 Å². The van der Waals surface area contributed by atoms with Crippen molar-refractivity contribution in [1.29, 1.82) is 0 Å². The molecule has 120 valence electrons. The molecule has 2 aliphatic rings. The van der Waals surface area contributed by atoms with E-state index in [9.17, 15) is 13.6 Å². The molecular formula is C16H20F2N2O2. The average molecular weight is 310 g/mol. The van der Waals surface area contributed by atoms with Crippen LogP contribution in [0.3, 0.4) is 0 Å². The summed E-state index contributed by atoms with van der Waals surface area (Å²) in [5.41, 5.74) is 0.0757. The molecule has 2 unspecified atom stereocenters. The number of carbonyl (C=O) groups excluding carboxylic acids is 1. The third kappa shape index (κ3) is 3.06. The van der Waals surface area contributed by atoms with Gasteiger partial charge in [-0.1, -0.05) is 6.07 Å². The Kier molecular flexibility index (Phi) is 4.29. The van der Waals surface area contributed by atoms with Gasteiger partial charge in [-0.2, -0.15) is 0 Å². The summed E-state index contributed by atoms with van der Waals surface area (Å²) in [6.07, 6.45) is 2.15. The first-order chi connectivity index (χ1) is 10.6. The first-order valence-electron chi connectivity index (χ1n) is 7.70. The highest BCUT2D eigenvalue weighted by Gasteiger charge is 2.43. The molecule has 22 heavy (non-hydrogen) atoms. The van der Waals surface area contributed by atoms with Gasteiger partial charge in [0, 0.05) is 37.2 Å². The molecule has 0 aromatic heterocycles. The van der Waals surface area contributed by atoms with Crippen LogP contribution in [0.4, 0.5) is 13.6 Å². The summed E-state index contributed by atoms with van der Waals surface area (Å²) in [6.45, 7) is 1.39. The second-order valence-electron chi connectivity index (χ2n) is 6.15. The van der Waals surface area contributed by atoms with E-state index in [1.165, 1.54) is 18.2 Å². The minimum atomic E-state index is -0.550. The van der Waals surface area contributed by atoms with Gasteiger partial charge in [0.1, 0.15) is 11.6 Å². The maximum atomic E-state index is 13.7. The highest BCUT2D eigenvalue weighted by Crippen LogP contribution is 2.43. The lowest BCUT2D eigenvalue weighted by molar-refractivity contribution is 0.137. The number of likely N-dealkylation sites (tertiary alicyclic amines) is 1. The Balaban J connectivity index is 1.54. The van der Waals surface area contributed by atoms with Gasteiger partial charge in [0.05, 0.1) is 0 Å². The van der Waals surface area contributed by atoms with Crippen LogP contribution in [0, 0.1) is 17.6 Å². The van der Waals surface area contributed by atoms with Gasteiger partial charge < -0.3 is 15.3 Å². The second-order valence-corrected chi connectivity index (χ2v) is 6.15. The molecule has 4 nitrogen and oxygen atoms in total. The molecule has 3 rings (SSSR count). The monoisotopic (exact) mass is 310 g/mol. The van der Waals surface area contributed by atoms with Crippen molar-refractivity contribution in [3.63, 3.8) is 0 Å². The number of benzene rings is 1. The Morgan fingerprint density at radius 3 is 2.50 bits per heavy atom. The van der Waals surface area contributed by atoms with Gasteiger partial charge in [0.2, 0.25) is 0 Å². The van der Waals surface area contributed by atoms with E-state index in [1.807, 2.05) is 0 Å². The zero-order valence-corrected chi connectivity index (χ0v) is 12.3. The van der Waals surface area contributed by atoms with Crippen LogP contribution in [0.2, 0.25) is 0 Å². The van der Waals surface area contributed by atoms with Crippen LogP contribution in [0.1, 0.15) is 30.7 Å². The standard InChI is InChI=1S/C16H20F2N2O2/c17-12-2-1-3-13(18)15(12)11-8-14(11)19-16(22)20-6-4-10(9-21)5-7-20/h1-3,10-11,14,21H,4-9H2,(H,19,22). The minimum Gasteiger partial charge on any atom is -0.396 e. The molecule has 2 amide bonds. The van der Waals surface area contributed by atoms with E-state index in [0.717, 1.165) is 12.8 Å². The van der Waals surface area contributed by atoms with Crippen LogP contribution in [-0.4, -0.2) is 41.8 Å². The molecule has 1 aliphatic carbocycles. The average Bonchev–Trinajstić information content (AvgIpc) is 3.26. The lowest BCUT2D eigenvalue weighted by Gasteiger charge is -2.31. The van der Waals surface area contributed by atoms with Crippen molar-refractivity contribution >= 4 is 6.03 Å². The summed E-state index contributed by atoms with van der Waals surface area (Å²) in [4.78, 5) is 13.9. The van der Waals surface area contributed by atoms with Crippen molar-refractivity contribution in [2.24, 2.45) is 5.92 Å². The zero-order valence-electron chi connectivity index (χ0n) is 12.3. The second kappa shape index (κ2) is 6.20. The van der Waals surface area contributed by atoms with Gasteiger partial charge in [-0.25, -0.2) is 13.6 Å². The summed E-state index contributed by atoms with van der Waals surface area (Å²) in [5.74, 6) is -1.11. The van der Waals surface area contributed by atoms with Crippen LogP contribution < -0.4 is 5.32 Å². The number of nitrogens with one attached hydrogen (secondary N) is 1. The Bertz CT molecular complexity index is 539. The summed E-state index contributed by atoms with van der Waals surface area (Å²) >= 11 is 0. The van der Waals surface area contributed by atoms with Crippen molar-refractivity contribution in [3.8, 4) is 0 Å². The largest absolute Gasteiger partial charge is 0.396 e. The van der Waals surface area contributed by atoms with E-state index in [2.05, 4.69) is 5.32 Å². The third-order valence-electron chi connectivity index (χ3n) is 4.63. The normalized spacial score (nSPS) is 25.1. The molecular weight excluding hydrogens is 290 g/mol. The zero-order chi connectivity index (χ0) is 15.7. The number of amides is 2. The number of aliphatic hydroxyl groups excluding tert-OH is 1. The first-order valence-corrected chi connectivity index (χ1v) is 7.70. The molecule has 1 saturated carbocycles. The van der Waals surface area contributed by atoms with Gasteiger partial charge >= 0.3 is 6.03 Å². The summed E-state index contributed by atoms with van der Waals surface area (Å²) < 4.78 is 27.4. The SMILES string of the molecule is O=C(NC1CC1c1c(F)cccc1F)N1CCC(CO)CC1. The molecule has 2 fully saturated rings. The number of nitrogens with zero attached hydrogens (tertiary/aromatic N) is 1. The van der Waals surface area contributed by atoms with Gasteiger partial charge in [-0.15, -0.1) is 0 Å². The fourth-order valence-electron chi connectivity index (χ4n) is 3.11. The van der Waals surface area contributed by atoms with Crippen molar-refractivity contribution in [2.75, 3.05) is 19.7 Å². The molecule has 2 atom stereocenters. The molecule has 1 saturated heterocycles. The van der Waals surface area contributed by atoms with E-state index in [4.69, 9.17) is 5.11 Å². The molecule has 0 spiro atoms. The van der Waals surface area contributed by atoms with Crippen molar-refractivity contribution in [3.05, 3.63) is 35.4 Å². The van der Waals surface area contributed by atoms with Crippen molar-refractivity contribution in [1.82, 2.24) is 10.2 Å². The molecule has 1 aliphatic heterocycles. The van der Waals surface area contributed by atoms with Crippen LogP contribution >= 0.6 is 0 Å². The molecule has 1 aromatic rings. The van der Waals surface area contributed by atoms with Crippen LogP contribution in [0.15, 0.2) is 18.2 Å². The van der Waals surface area contributed by atoms with E-state index in [-0.39, 0.29) is 36.1 Å². The number of hydrogen-bond acceptors (Lipinski definition) is 2. The fourth-order valence-corrected chi connectivity index (χ4v) is 3.11. The molecule has 6 heteroatoms. The van der Waals surface area contributed by atoms with Gasteiger partial charge in [0.15, 0.2) is 0 Å². The Morgan fingerprint density at radius 1 is 1.27 bits per heavy atom. The Hall–Kier alpha value is -1.69. The topological polar surface area (TPSA) is 52.6 Å². The minimum absolute atomic E-state index is 0.0757. The number of piperidine rings is 1. The highest BCUT2D eigenvalue weighted by molar-refractivity contribution is 5.75. The number of halogens is 2. The number of carbonyl (C=O) groups is 1. The molecule has 1 aromatic carbocycles. The van der Waals surface area contributed by atoms with Crippen LogP contribution in [0.5, 0.6) is 0 Å². The molecule has 1 heterocycles. The van der Waals surface area contributed by atoms with Gasteiger partial charge in [-0.05, 0) is 37.3 Å². The van der Waals surface area contributed by atoms with E-state index >= 15 is 0 Å². The predicted molar refractivity (Wildman–Crippen MR) is 77.4 cm³/mol. The lowest BCUT2D eigenvalue weighted by atomic mass is 9.98. The number of urea groups is 1. The lowest BCUT2D eigenvalue weighted by Crippen LogP contribution is -2.45. The van der Waals surface area contributed by atoms with E-state index in [0.29, 0.717) is 19.5 Å². The molecule has 2 N–H and O–H groups in total. The predicted octanol–water partition coefficient (Wildman–Crippen LogP) is 2.23. The quantitative estimate of drug-likeness (QED) is 0.899. The van der Waals surface area contributed by atoms with Gasteiger partial charge in [0.25, 0.3) is 0 Å².